The predicted molar refractivity (Wildman–Crippen MR) is 86.5 cm³/mol. The van der Waals surface area contributed by atoms with Crippen LogP contribution in [0.2, 0.25) is 0 Å². The Bertz CT molecular complexity index is 485. The van der Waals surface area contributed by atoms with Gasteiger partial charge in [-0.3, -0.25) is 9.89 Å². The monoisotopic (exact) mass is 307 g/mol. The Hall–Kier alpha value is -1.43. The Morgan fingerprint density at radius 2 is 2.05 bits per heavy atom. The fraction of sp³-hybridized carbons (Fsp3) is 0.812. The van der Waals surface area contributed by atoms with Crippen molar-refractivity contribution in [3.63, 3.8) is 0 Å². The van der Waals surface area contributed by atoms with Gasteiger partial charge in [-0.2, -0.15) is 5.10 Å². The number of carbonyl (C=O) groups is 1. The van der Waals surface area contributed by atoms with Crippen LogP contribution in [0.5, 0.6) is 0 Å². The smallest absolute Gasteiger partial charge is 0.220 e. The van der Waals surface area contributed by atoms with E-state index in [0.29, 0.717) is 18.7 Å². The van der Waals surface area contributed by atoms with Crippen LogP contribution in [0.3, 0.4) is 0 Å². The minimum Gasteiger partial charge on any atom is -0.352 e. The van der Waals surface area contributed by atoms with Crippen LogP contribution in [0, 0.1) is 12.3 Å². The molecular weight excluding hydrogens is 278 g/mol. The van der Waals surface area contributed by atoms with Crippen molar-refractivity contribution in [2.45, 2.75) is 59.4 Å². The molecule has 124 valence electrons. The number of H-pyrrole nitrogens is 1. The molecule has 0 radical (unpaired) electrons. The van der Waals surface area contributed by atoms with Crippen LogP contribution in [0.25, 0.3) is 0 Å². The van der Waals surface area contributed by atoms with Crippen LogP contribution < -0.4 is 5.32 Å². The summed E-state index contributed by atoms with van der Waals surface area (Å²) >= 11 is 0. The fourth-order valence-corrected chi connectivity index (χ4v) is 2.75. The molecule has 1 atom stereocenters. The summed E-state index contributed by atoms with van der Waals surface area (Å²) in [7, 11) is 0. The van der Waals surface area contributed by atoms with Gasteiger partial charge in [0.15, 0.2) is 5.82 Å². The molecule has 1 aromatic heterocycles. The zero-order valence-corrected chi connectivity index (χ0v) is 14.3. The lowest BCUT2D eigenvalue weighted by atomic mass is 9.86. The number of hydrogen-bond acceptors (Lipinski definition) is 4. The molecule has 0 aliphatic carbocycles. The fourth-order valence-electron chi connectivity index (χ4n) is 2.75. The van der Waals surface area contributed by atoms with Crippen molar-refractivity contribution in [1.29, 1.82) is 0 Å². The van der Waals surface area contributed by atoms with Gasteiger partial charge in [-0.1, -0.05) is 20.8 Å². The van der Waals surface area contributed by atoms with E-state index < -0.39 is 0 Å². The summed E-state index contributed by atoms with van der Waals surface area (Å²) in [6.07, 6.45) is 3.56. The highest BCUT2D eigenvalue weighted by Gasteiger charge is 2.29. The number of aromatic nitrogens is 3. The van der Waals surface area contributed by atoms with Crippen LogP contribution >= 0.6 is 0 Å². The first-order valence-corrected chi connectivity index (χ1v) is 8.24. The Kier molecular flexibility index (Phi) is 5.56. The van der Waals surface area contributed by atoms with Crippen LogP contribution in [0.1, 0.15) is 51.7 Å². The van der Waals surface area contributed by atoms with Gasteiger partial charge >= 0.3 is 0 Å². The van der Waals surface area contributed by atoms with E-state index in [9.17, 15) is 4.79 Å². The van der Waals surface area contributed by atoms with Crippen molar-refractivity contribution in [3.8, 4) is 0 Å². The summed E-state index contributed by atoms with van der Waals surface area (Å²) in [6, 6.07) is 0.173. The molecule has 1 saturated heterocycles. The van der Waals surface area contributed by atoms with Gasteiger partial charge in [0.2, 0.25) is 5.91 Å². The van der Waals surface area contributed by atoms with E-state index >= 15 is 0 Å². The van der Waals surface area contributed by atoms with Gasteiger partial charge in [-0.15, -0.1) is 0 Å². The molecule has 1 amide bonds. The zero-order chi connectivity index (χ0) is 16.2. The van der Waals surface area contributed by atoms with E-state index in [1.807, 2.05) is 6.92 Å². The molecule has 2 rings (SSSR count). The van der Waals surface area contributed by atoms with Crippen molar-refractivity contribution >= 4 is 5.91 Å². The third-order valence-corrected chi connectivity index (χ3v) is 4.24. The zero-order valence-electron chi connectivity index (χ0n) is 14.3. The Labute approximate surface area is 133 Å². The molecule has 1 unspecified atom stereocenters. The first-order chi connectivity index (χ1) is 10.3. The number of amides is 1. The third-order valence-electron chi connectivity index (χ3n) is 4.24. The number of rotatable bonds is 6. The average Bonchev–Trinajstić information content (AvgIpc) is 3.06. The Morgan fingerprint density at radius 3 is 2.59 bits per heavy atom. The van der Waals surface area contributed by atoms with Crippen LogP contribution in [-0.4, -0.2) is 51.7 Å². The summed E-state index contributed by atoms with van der Waals surface area (Å²) < 4.78 is 0. The number of likely N-dealkylation sites (tertiary alicyclic amines) is 1. The molecule has 6 nitrogen and oxygen atoms in total. The van der Waals surface area contributed by atoms with E-state index in [2.05, 4.69) is 46.2 Å². The number of hydrogen-bond donors (Lipinski definition) is 2. The largest absolute Gasteiger partial charge is 0.352 e. The van der Waals surface area contributed by atoms with Gasteiger partial charge in [-0.25, -0.2) is 4.98 Å². The van der Waals surface area contributed by atoms with Gasteiger partial charge in [0.1, 0.15) is 5.82 Å². The van der Waals surface area contributed by atoms with Gasteiger partial charge in [-0.05, 0) is 38.3 Å². The molecule has 1 fully saturated rings. The molecule has 1 aromatic rings. The van der Waals surface area contributed by atoms with E-state index in [0.717, 1.165) is 25.5 Å². The number of nitrogens with one attached hydrogen (secondary N) is 2. The quantitative estimate of drug-likeness (QED) is 0.838. The molecule has 2 heterocycles. The van der Waals surface area contributed by atoms with Crippen molar-refractivity contribution in [3.05, 3.63) is 11.6 Å². The van der Waals surface area contributed by atoms with E-state index in [1.54, 1.807) is 0 Å². The summed E-state index contributed by atoms with van der Waals surface area (Å²) in [6.45, 7) is 11.7. The van der Waals surface area contributed by atoms with Crippen molar-refractivity contribution in [2.24, 2.45) is 5.41 Å². The normalized spacial score (nSPS) is 17.6. The molecule has 0 spiro atoms. The standard InChI is InChI=1S/C16H29N5O/c1-12-17-14(20-19-12)7-8-15(22)18-13(16(2,3)4)11-21-9-5-6-10-21/h13H,5-11H2,1-4H3,(H,18,22)(H,17,19,20). The molecule has 0 saturated carbocycles. The van der Waals surface area contributed by atoms with Crippen molar-refractivity contribution in [2.75, 3.05) is 19.6 Å². The van der Waals surface area contributed by atoms with Crippen LogP contribution in [-0.2, 0) is 11.2 Å². The van der Waals surface area contributed by atoms with Crippen LogP contribution in [0.15, 0.2) is 0 Å². The summed E-state index contributed by atoms with van der Waals surface area (Å²) in [5.41, 5.74) is 0.0550. The Balaban J connectivity index is 1.84. The summed E-state index contributed by atoms with van der Waals surface area (Å²) in [5, 5.41) is 10.1. The van der Waals surface area contributed by atoms with Gasteiger partial charge in [0.05, 0.1) is 0 Å². The predicted octanol–water partition coefficient (Wildman–Crippen LogP) is 1.67. The number of carbonyl (C=O) groups excluding carboxylic acids is 1. The molecule has 6 heteroatoms. The maximum atomic E-state index is 12.3. The van der Waals surface area contributed by atoms with E-state index in [1.165, 1.54) is 12.8 Å². The highest BCUT2D eigenvalue weighted by atomic mass is 16.1. The average molecular weight is 307 g/mol. The van der Waals surface area contributed by atoms with E-state index in [-0.39, 0.29) is 17.4 Å². The molecule has 22 heavy (non-hydrogen) atoms. The first kappa shape index (κ1) is 16.9. The topological polar surface area (TPSA) is 73.9 Å². The first-order valence-electron chi connectivity index (χ1n) is 8.24. The molecule has 1 aliphatic rings. The number of nitrogens with zero attached hydrogens (tertiary/aromatic N) is 3. The van der Waals surface area contributed by atoms with Crippen molar-refractivity contribution in [1.82, 2.24) is 25.4 Å². The molecule has 1 aliphatic heterocycles. The number of aryl methyl sites for hydroxylation is 2. The molecule has 2 N–H and O–H groups in total. The maximum Gasteiger partial charge on any atom is 0.220 e. The molecular formula is C16H29N5O. The highest BCUT2D eigenvalue weighted by Crippen LogP contribution is 2.22. The Morgan fingerprint density at radius 1 is 1.36 bits per heavy atom. The van der Waals surface area contributed by atoms with Gasteiger partial charge < -0.3 is 10.2 Å². The molecule has 0 bridgehead atoms. The van der Waals surface area contributed by atoms with Crippen molar-refractivity contribution < 1.29 is 4.79 Å². The highest BCUT2D eigenvalue weighted by molar-refractivity contribution is 5.76. The second-order valence-electron chi connectivity index (χ2n) is 7.33. The van der Waals surface area contributed by atoms with E-state index in [4.69, 9.17) is 0 Å². The third kappa shape index (κ3) is 5.09. The summed E-state index contributed by atoms with van der Waals surface area (Å²) in [4.78, 5) is 19.0. The van der Waals surface area contributed by atoms with Gasteiger partial charge in [0, 0.05) is 25.4 Å². The van der Waals surface area contributed by atoms with Crippen LogP contribution in [0.4, 0.5) is 0 Å². The number of aromatic amines is 1. The molecule has 0 aromatic carbocycles. The summed E-state index contributed by atoms with van der Waals surface area (Å²) in [5.74, 6) is 1.58. The SMILES string of the molecule is Cc1nc(CCC(=O)NC(CN2CCCC2)C(C)(C)C)n[nH]1. The maximum absolute atomic E-state index is 12.3. The second kappa shape index (κ2) is 7.22. The van der Waals surface area contributed by atoms with Gasteiger partial charge in [0.25, 0.3) is 0 Å². The lowest BCUT2D eigenvalue weighted by molar-refractivity contribution is -0.122. The lowest BCUT2D eigenvalue weighted by Gasteiger charge is -2.34. The minimum atomic E-state index is 0.0550. The minimum absolute atomic E-state index is 0.0550. The lowest BCUT2D eigenvalue weighted by Crippen LogP contribution is -2.50. The second-order valence-corrected chi connectivity index (χ2v) is 7.33.